The van der Waals surface area contributed by atoms with Crippen LogP contribution in [0.2, 0.25) is 4.47 Å². The van der Waals surface area contributed by atoms with Crippen LogP contribution < -0.4 is 22.1 Å². The Hall–Kier alpha value is -2.14. The predicted octanol–water partition coefficient (Wildman–Crippen LogP) is -0.323. The third-order valence-corrected chi connectivity index (χ3v) is 2.49. The summed E-state index contributed by atoms with van der Waals surface area (Å²) in [5.41, 5.74) is 8.50. The number of rotatable bonds is 3. The van der Waals surface area contributed by atoms with Crippen molar-refractivity contribution in [1.82, 2.24) is 15.6 Å². The number of aromatic nitrogens is 1. The fourth-order valence-corrected chi connectivity index (χ4v) is 1.71. The van der Waals surface area contributed by atoms with Gasteiger partial charge in [0.05, 0.1) is 6.54 Å². The van der Waals surface area contributed by atoms with Crippen molar-refractivity contribution >= 4 is 34.9 Å². The first kappa shape index (κ1) is 16.9. The van der Waals surface area contributed by atoms with Gasteiger partial charge >= 0.3 is 6.03 Å². The Kier molecular flexibility index (Phi) is 7.88. The summed E-state index contributed by atoms with van der Waals surface area (Å²) in [6, 6.07) is -0.833. The molecule has 0 spiro atoms. The van der Waals surface area contributed by atoms with E-state index in [1.807, 2.05) is 0 Å². The molecule has 1 aromatic rings. The summed E-state index contributed by atoms with van der Waals surface area (Å²) in [6.07, 6.45) is 1.60. The minimum Gasteiger partial charge on any atom is -0.354 e. The first-order chi connectivity index (χ1) is 8.85. The molecule has 0 aromatic carbocycles. The highest BCUT2D eigenvalue weighted by Crippen LogP contribution is 2.16. The van der Waals surface area contributed by atoms with Gasteiger partial charge in [0.15, 0.2) is 9.50 Å². The number of primary amides is 2. The number of hydrazone groups is 1. The zero-order chi connectivity index (χ0) is 14.8. The highest BCUT2D eigenvalue weighted by molar-refractivity contribution is 7.15. The lowest BCUT2D eigenvalue weighted by atomic mass is 10.5. The second-order valence-corrected chi connectivity index (χ2v) is 4.47. The number of nitrogens with two attached hydrogens (primary N) is 2. The Bertz CT molecular complexity index is 459. The molecule has 0 aliphatic carbocycles. The van der Waals surface area contributed by atoms with Gasteiger partial charge in [-0.3, -0.25) is 0 Å². The molecule has 2 amide bonds. The molecular weight excluding hydrogens is 298 g/mol. The standard InChI is InChI=1S/C6H8ClN5O2S.CH4N2O/c1-8-6(11-12(13)14)10-3-4-2-9-5(7)15-4;2-1(3)4/h2H,3H2,1H3,(H2,8,10,11);(H4,2,3,4). The summed E-state index contributed by atoms with van der Waals surface area (Å²) >= 11 is 6.92. The Labute approximate surface area is 117 Å². The van der Waals surface area contributed by atoms with Crippen molar-refractivity contribution in [2.45, 2.75) is 6.54 Å². The molecular formula is C7H12ClN7O3S. The maximum absolute atomic E-state index is 10.1. The third kappa shape index (κ3) is 9.55. The van der Waals surface area contributed by atoms with Crippen molar-refractivity contribution in [3.8, 4) is 0 Å². The van der Waals surface area contributed by atoms with Crippen molar-refractivity contribution in [3.63, 3.8) is 0 Å². The van der Waals surface area contributed by atoms with Crippen molar-refractivity contribution in [1.29, 1.82) is 0 Å². The number of guanidine groups is 1. The van der Waals surface area contributed by atoms with E-state index in [0.717, 1.165) is 4.88 Å². The smallest absolute Gasteiger partial charge is 0.309 e. The van der Waals surface area contributed by atoms with E-state index in [0.29, 0.717) is 11.0 Å². The molecule has 0 aliphatic heterocycles. The summed E-state index contributed by atoms with van der Waals surface area (Å²) in [4.78, 5) is 23.8. The summed E-state index contributed by atoms with van der Waals surface area (Å²) in [5, 5.41) is 17.7. The highest BCUT2D eigenvalue weighted by Gasteiger charge is 2.04. The zero-order valence-electron chi connectivity index (χ0n) is 9.79. The van der Waals surface area contributed by atoms with Gasteiger partial charge in [-0.2, -0.15) is 0 Å². The first-order valence-corrected chi connectivity index (χ1v) is 5.84. The molecule has 1 aromatic heterocycles. The monoisotopic (exact) mass is 309 g/mol. The molecule has 0 unspecified atom stereocenters. The molecule has 1 rings (SSSR count). The number of carbonyl (C=O) groups is 1. The Morgan fingerprint density at radius 3 is 2.63 bits per heavy atom. The largest absolute Gasteiger partial charge is 0.354 e. The molecule has 12 heteroatoms. The SMILES string of the molecule is CN/C(=N\[N+](=O)[O-])NCc1cnc(Cl)s1.NC(N)=O. The van der Waals surface area contributed by atoms with E-state index in [4.69, 9.17) is 16.4 Å². The molecule has 0 fully saturated rings. The Balaban J connectivity index is 0.000000711. The van der Waals surface area contributed by atoms with Crippen LogP contribution >= 0.6 is 22.9 Å². The summed E-state index contributed by atoms with van der Waals surface area (Å²) in [7, 11) is 1.54. The number of hydrogen-bond donors (Lipinski definition) is 4. The lowest BCUT2D eigenvalue weighted by molar-refractivity contribution is -0.485. The molecule has 1 heterocycles. The summed E-state index contributed by atoms with van der Waals surface area (Å²) in [5.74, 6) is 0.0875. The number of nitro groups is 1. The Morgan fingerprint density at radius 2 is 2.26 bits per heavy atom. The molecule has 106 valence electrons. The van der Waals surface area contributed by atoms with E-state index >= 15 is 0 Å². The molecule has 0 radical (unpaired) electrons. The fraction of sp³-hybridized carbons (Fsp3) is 0.286. The van der Waals surface area contributed by atoms with Gasteiger partial charge in [-0.25, -0.2) is 19.9 Å². The molecule has 0 saturated carbocycles. The number of nitrogens with one attached hydrogen (secondary N) is 2. The van der Waals surface area contributed by atoms with Gasteiger partial charge in [0, 0.05) is 18.1 Å². The molecule has 6 N–H and O–H groups in total. The van der Waals surface area contributed by atoms with Gasteiger partial charge in [0.1, 0.15) is 5.10 Å². The van der Waals surface area contributed by atoms with Gasteiger partial charge in [-0.05, 0) is 0 Å². The third-order valence-electron chi connectivity index (χ3n) is 1.37. The van der Waals surface area contributed by atoms with Crippen LogP contribution in [0.15, 0.2) is 11.3 Å². The second-order valence-electron chi connectivity index (χ2n) is 2.77. The van der Waals surface area contributed by atoms with Crippen molar-refractivity contribution in [3.05, 3.63) is 25.7 Å². The zero-order valence-corrected chi connectivity index (χ0v) is 11.4. The van der Waals surface area contributed by atoms with Crippen LogP contribution in [0.1, 0.15) is 4.88 Å². The maximum Gasteiger partial charge on any atom is 0.309 e. The van der Waals surface area contributed by atoms with Crippen LogP contribution in [-0.2, 0) is 6.54 Å². The number of thiazole rings is 1. The Morgan fingerprint density at radius 1 is 1.68 bits per heavy atom. The van der Waals surface area contributed by atoms with E-state index in [-0.39, 0.29) is 5.96 Å². The van der Waals surface area contributed by atoms with Gasteiger partial charge in [0.25, 0.3) is 5.96 Å². The highest BCUT2D eigenvalue weighted by atomic mass is 35.5. The van der Waals surface area contributed by atoms with Crippen LogP contribution in [-0.4, -0.2) is 29.1 Å². The van der Waals surface area contributed by atoms with E-state index in [2.05, 4.69) is 32.2 Å². The number of hydrogen-bond acceptors (Lipinski definition) is 5. The van der Waals surface area contributed by atoms with Crippen LogP contribution in [0.3, 0.4) is 0 Å². The second kappa shape index (κ2) is 8.88. The molecule has 0 bridgehead atoms. The van der Waals surface area contributed by atoms with E-state index in [9.17, 15) is 10.1 Å². The van der Waals surface area contributed by atoms with Crippen molar-refractivity contribution in [2.24, 2.45) is 16.6 Å². The molecule has 0 atom stereocenters. The molecule has 10 nitrogen and oxygen atoms in total. The number of carbonyl (C=O) groups excluding carboxylic acids is 1. The van der Waals surface area contributed by atoms with Crippen molar-refractivity contribution in [2.75, 3.05) is 7.05 Å². The van der Waals surface area contributed by atoms with E-state index < -0.39 is 11.1 Å². The topological polar surface area (TPSA) is 162 Å². The molecule has 0 saturated heterocycles. The normalized spacial score (nSPS) is 10.1. The first-order valence-electron chi connectivity index (χ1n) is 4.65. The average Bonchev–Trinajstić information content (AvgIpc) is 2.69. The van der Waals surface area contributed by atoms with E-state index in [1.165, 1.54) is 18.4 Å². The summed E-state index contributed by atoms with van der Waals surface area (Å²) in [6.45, 7) is 0.387. The van der Waals surface area contributed by atoms with Crippen LogP contribution in [0.5, 0.6) is 0 Å². The van der Waals surface area contributed by atoms with E-state index in [1.54, 1.807) is 6.20 Å². The van der Waals surface area contributed by atoms with Crippen LogP contribution in [0, 0.1) is 10.1 Å². The summed E-state index contributed by atoms with van der Waals surface area (Å²) < 4.78 is 0.434. The number of halogens is 1. The quantitative estimate of drug-likeness (QED) is 0.259. The lowest BCUT2D eigenvalue weighted by Gasteiger charge is -2.02. The average molecular weight is 310 g/mol. The molecule has 19 heavy (non-hydrogen) atoms. The fourth-order valence-electron chi connectivity index (χ4n) is 0.792. The van der Waals surface area contributed by atoms with Crippen LogP contribution in [0.25, 0.3) is 0 Å². The van der Waals surface area contributed by atoms with Gasteiger partial charge in [-0.15, -0.1) is 11.3 Å². The number of nitrogens with zero attached hydrogens (tertiary/aromatic N) is 3. The predicted molar refractivity (Wildman–Crippen MR) is 71.2 cm³/mol. The number of amides is 2. The molecule has 0 aliphatic rings. The maximum atomic E-state index is 10.1. The van der Waals surface area contributed by atoms with Gasteiger partial charge in [-0.1, -0.05) is 11.6 Å². The minimum atomic E-state index is -0.833. The minimum absolute atomic E-state index is 0.0875. The van der Waals surface area contributed by atoms with Crippen LogP contribution in [0.4, 0.5) is 4.79 Å². The van der Waals surface area contributed by atoms with Gasteiger partial charge in [0.2, 0.25) is 0 Å². The number of urea groups is 1. The van der Waals surface area contributed by atoms with Gasteiger partial charge < -0.3 is 22.1 Å². The van der Waals surface area contributed by atoms with Crippen molar-refractivity contribution < 1.29 is 9.83 Å². The lowest BCUT2D eigenvalue weighted by Crippen LogP contribution is -2.34.